The van der Waals surface area contributed by atoms with Gasteiger partial charge < -0.3 is 29.3 Å². The lowest BCUT2D eigenvalue weighted by Gasteiger charge is -2.30. The molecule has 1 atom stereocenters. The van der Waals surface area contributed by atoms with E-state index in [-0.39, 0.29) is 25.7 Å². The number of nitriles is 1. The molecule has 0 bridgehead atoms. The first-order valence-corrected chi connectivity index (χ1v) is 16.5. The van der Waals surface area contributed by atoms with Crippen molar-refractivity contribution >= 4 is 29.2 Å². The van der Waals surface area contributed by atoms with E-state index in [1.54, 1.807) is 24.4 Å². The van der Waals surface area contributed by atoms with E-state index in [2.05, 4.69) is 16.0 Å². The molecule has 5 rings (SSSR count). The maximum atomic E-state index is 11.4. The lowest BCUT2D eigenvalue weighted by Crippen LogP contribution is -2.39. The molecule has 250 valence electrons. The molecule has 1 aliphatic heterocycles. The minimum atomic E-state index is -0.723. The summed E-state index contributed by atoms with van der Waals surface area (Å²) in [6.07, 6.45) is 5.49. The number of benzene rings is 3. The lowest BCUT2D eigenvalue weighted by atomic mass is 9.96. The van der Waals surface area contributed by atoms with E-state index in [0.717, 1.165) is 54.6 Å². The van der Waals surface area contributed by atoms with Crippen LogP contribution in [0.25, 0.3) is 11.1 Å². The van der Waals surface area contributed by atoms with Crippen molar-refractivity contribution in [2.45, 2.75) is 46.0 Å². The Labute approximate surface area is 290 Å². The van der Waals surface area contributed by atoms with Gasteiger partial charge in [0.15, 0.2) is 0 Å². The lowest BCUT2D eigenvalue weighted by molar-refractivity contribution is -0.143. The predicted molar refractivity (Wildman–Crippen MR) is 184 cm³/mol. The summed E-state index contributed by atoms with van der Waals surface area (Å²) in [5.74, 6) is 0.381. The van der Waals surface area contributed by atoms with Crippen LogP contribution in [0.3, 0.4) is 0 Å². The Kier molecular flexibility index (Phi) is 12.2. The van der Waals surface area contributed by atoms with Crippen LogP contribution in [-0.2, 0) is 24.6 Å². The van der Waals surface area contributed by atoms with E-state index in [1.165, 1.54) is 6.20 Å². The number of carbonyl (C=O) groups is 1. The maximum absolute atomic E-state index is 11.4. The summed E-state index contributed by atoms with van der Waals surface area (Å²) in [5.41, 5.74) is 5.34. The van der Waals surface area contributed by atoms with Crippen molar-refractivity contribution in [3.05, 3.63) is 105 Å². The Bertz CT molecular complexity index is 1790. The van der Waals surface area contributed by atoms with Crippen LogP contribution >= 0.6 is 23.2 Å². The van der Waals surface area contributed by atoms with Gasteiger partial charge >= 0.3 is 5.97 Å². The predicted octanol–water partition coefficient (Wildman–Crippen LogP) is 7.45. The molecule has 1 saturated heterocycles. The quantitative estimate of drug-likeness (QED) is 0.130. The van der Waals surface area contributed by atoms with E-state index in [9.17, 15) is 15.0 Å². The SMILES string of the molecule is Cc1c(COc2cc(OCc3cncc(C#N)c3)c(CO)cc2Cl)cccc1-c1cccc(OCCCN2CCC[C@H](C(=O)O)C2)c1Cl. The number of aliphatic carboxylic acids is 1. The standard InChI is InChI=1S/C37H37Cl2N3O6/c1-24-28(23-48-35-16-34(29(21-43)15-32(35)38)47-22-26-14-25(17-40)18-41-19-26)6-2-8-30(24)31-9-3-10-33(36(31)39)46-13-5-12-42-11-4-7-27(20-42)37(44)45/h2-3,6,8-10,14-16,18-19,27,43H,4-5,7,11-13,20-23H2,1H3,(H,44,45)/t27-/m0/s1. The molecular weight excluding hydrogens is 653 g/mol. The highest BCUT2D eigenvalue weighted by atomic mass is 35.5. The van der Waals surface area contributed by atoms with Crippen LogP contribution in [0.2, 0.25) is 10.0 Å². The molecule has 0 unspecified atom stereocenters. The van der Waals surface area contributed by atoms with Crippen LogP contribution in [0.1, 0.15) is 47.1 Å². The molecule has 9 nitrogen and oxygen atoms in total. The fourth-order valence-electron chi connectivity index (χ4n) is 5.78. The van der Waals surface area contributed by atoms with Crippen LogP contribution in [0.4, 0.5) is 0 Å². The van der Waals surface area contributed by atoms with Crippen LogP contribution in [-0.4, -0.2) is 52.3 Å². The minimum Gasteiger partial charge on any atom is -0.492 e. The maximum Gasteiger partial charge on any atom is 0.307 e. The van der Waals surface area contributed by atoms with Gasteiger partial charge in [-0.05, 0) is 67.6 Å². The third-order valence-electron chi connectivity index (χ3n) is 8.42. The van der Waals surface area contributed by atoms with Gasteiger partial charge in [0.05, 0.1) is 34.7 Å². The first-order valence-electron chi connectivity index (χ1n) is 15.8. The number of carboxylic acid groups (broad SMARTS) is 1. The molecule has 1 aliphatic rings. The summed E-state index contributed by atoms with van der Waals surface area (Å²) in [4.78, 5) is 17.6. The average molecular weight is 691 g/mol. The number of hydrogen-bond donors (Lipinski definition) is 2. The Morgan fingerprint density at radius 3 is 2.58 bits per heavy atom. The molecule has 0 amide bonds. The van der Waals surface area contributed by atoms with Crippen molar-refractivity contribution in [3.63, 3.8) is 0 Å². The molecule has 0 aliphatic carbocycles. The Hall–Kier alpha value is -4.33. The molecule has 3 aromatic carbocycles. The summed E-state index contributed by atoms with van der Waals surface area (Å²) >= 11 is 13.4. The van der Waals surface area contributed by atoms with Crippen LogP contribution < -0.4 is 14.2 Å². The van der Waals surface area contributed by atoms with Crippen molar-refractivity contribution in [2.24, 2.45) is 5.92 Å². The minimum absolute atomic E-state index is 0.146. The normalized spacial score (nSPS) is 14.7. The number of ether oxygens (including phenoxy) is 3. The van der Waals surface area contributed by atoms with Gasteiger partial charge in [-0.1, -0.05) is 53.5 Å². The molecule has 1 aromatic heterocycles. The molecule has 2 heterocycles. The number of likely N-dealkylation sites (tertiary alicyclic amines) is 1. The van der Waals surface area contributed by atoms with Gasteiger partial charge in [0, 0.05) is 48.2 Å². The highest BCUT2D eigenvalue weighted by Crippen LogP contribution is 2.38. The van der Waals surface area contributed by atoms with E-state index in [1.807, 2.05) is 43.3 Å². The number of pyridine rings is 1. The van der Waals surface area contributed by atoms with Crippen molar-refractivity contribution in [1.82, 2.24) is 9.88 Å². The number of aliphatic hydroxyl groups excluding tert-OH is 1. The molecule has 0 radical (unpaired) electrons. The van der Waals surface area contributed by atoms with Crippen molar-refractivity contribution < 1.29 is 29.2 Å². The molecule has 4 aromatic rings. The zero-order valence-electron chi connectivity index (χ0n) is 26.6. The monoisotopic (exact) mass is 689 g/mol. The number of carboxylic acids is 1. The summed E-state index contributed by atoms with van der Waals surface area (Å²) in [5, 5.41) is 29.3. The number of rotatable bonds is 14. The van der Waals surface area contributed by atoms with Crippen molar-refractivity contribution in [3.8, 4) is 34.4 Å². The molecule has 0 saturated carbocycles. The first kappa shape index (κ1) is 35.0. The fourth-order valence-corrected chi connectivity index (χ4v) is 6.30. The molecule has 0 spiro atoms. The van der Waals surface area contributed by atoms with E-state index >= 15 is 0 Å². The molecule has 48 heavy (non-hydrogen) atoms. The summed E-state index contributed by atoms with van der Waals surface area (Å²) in [6.45, 7) is 4.83. The fraction of sp³-hybridized carbons (Fsp3) is 0.324. The zero-order valence-corrected chi connectivity index (χ0v) is 28.1. The summed E-state index contributed by atoms with van der Waals surface area (Å²) in [6, 6.07) is 18.7. The average Bonchev–Trinajstić information content (AvgIpc) is 3.10. The Balaban J connectivity index is 1.24. The van der Waals surface area contributed by atoms with Gasteiger partial charge in [-0.3, -0.25) is 9.78 Å². The second kappa shape index (κ2) is 16.7. The van der Waals surface area contributed by atoms with Gasteiger partial charge in [-0.25, -0.2) is 0 Å². The van der Waals surface area contributed by atoms with Crippen molar-refractivity contribution in [2.75, 3.05) is 26.2 Å². The zero-order chi connectivity index (χ0) is 34.0. The van der Waals surface area contributed by atoms with Gasteiger partial charge in [0.2, 0.25) is 0 Å². The molecule has 1 fully saturated rings. The molecular formula is C37H37Cl2N3O6. The first-order chi connectivity index (χ1) is 23.3. The number of aliphatic hydroxyl groups is 1. The highest BCUT2D eigenvalue weighted by molar-refractivity contribution is 6.35. The third-order valence-corrected chi connectivity index (χ3v) is 9.10. The molecule has 11 heteroatoms. The summed E-state index contributed by atoms with van der Waals surface area (Å²) < 4.78 is 18.2. The van der Waals surface area contributed by atoms with Crippen LogP contribution in [0.15, 0.2) is 67.0 Å². The number of piperidine rings is 1. The largest absolute Gasteiger partial charge is 0.492 e. The second-order valence-corrected chi connectivity index (χ2v) is 12.5. The van der Waals surface area contributed by atoms with Crippen molar-refractivity contribution in [1.29, 1.82) is 5.26 Å². The Morgan fingerprint density at radius 2 is 1.79 bits per heavy atom. The van der Waals surface area contributed by atoms with E-state index < -0.39 is 5.97 Å². The Morgan fingerprint density at radius 1 is 1.00 bits per heavy atom. The van der Waals surface area contributed by atoms with Crippen LogP contribution in [0, 0.1) is 24.2 Å². The highest BCUT2D eigenvalue weighted by Gasteiger charge is 2.25. The van der Waals surface area contributed by atoms with Gasteiger partial charge in [-0.2, -0.15) is 5.26 Å². The van der Waals surface area contributed by atoms with E-state index in [4.69, 9.17) is 42.7 Å². The molecule has 2 N–H and O–H groups in total. The van der Waals surface area contributed by atoms with Gasteiger partial charge in [0.25, 0.3) is 0 Å². The number of aromatic nitrogens is 1. The number of halogens is 2. The summed E-state index contributed by atoms with van der Waals surface area (Å²) in [7, 11) is 0. The topological polar surface area (TPSA) is 125 Å². The third kappa shape index (κ3) is 8.77. The van der Waals surface area contributed by atoms with E-state index in [0.29, 0.717) is 57.1 Å². The second-order valence-electron chi connectivity index (χ2n) is 11.7. The number of nitrogens with zero attached hydrogens (tertiary/aromatic N) is 3. The van der Waals surface area contributed by atoms with Gasteiger partial charge in [-0.15, -0.1) is 0 Å². The van der Waals surface area contributed by atoms with Gasteiger partial charge in [0.1, 0.15) is 36.5 Å². The smallest absolute Gasteiger partial charge is 0.307 e. The van der Waals surface area contributed by atoms with Crippen LogP contribution in [0.5, 0.6) is 17.2 Å². The number of hydrogen-bond acceptors (Lipinski definition) is 8.